The monoisotopic (exact) mass is 301 g/mol. The highest BCUT2D eigenvalue weighted by Gasteiger charge is 2.45. The second-order valence-corrected chi connectivity index (χ2v) is 5.00. The first kappa shape index (κ1) is 15.5. The molecule has 1 aliphatic heterocycles. The Morgan fingerprint density at radius 2 is 2.24 bits per heavy atom. The minimum absolute atomic E-state index is 0.00347. The van der Waals surface area contributed by atoms with Gasteiger partial charge in [-0.2, -0.15) is 0 Å². The molecule has 1 aromatic carbocycles. The van der Waals surface area contributed by atoms with Crippen LogP contribution in [0.15, 0.2) is 18.2 Å². The topological polar surface area (TPSA) is 70.0 Å². The molecule has 1 amide bonds. The summed E-state index contributed by atoms with van der Waals surface area (Å²) >= 11 is 0. The van der Waals surface area contributed by atoms with E-state index in [0.29, 0.717) is 0 Å². The lowest BCUT2D eigenvalue weighted by molar-refractivity contribution is -0.113. The third-order valence-corrected chi connectivity index (χ3v) is 3.71. The predicted octanol–water partition coefficient (Wildman–Crippen LogP) is 1.49. The average Bonchev–Trinajstić information content (AvgIpc) is 2.46. The Morgan fingerprint density at radius 3 is 2.86 bits per heavy atom. The molecule has 116 valence electrons. The van der Waals surface area contributed by atoms with Crippen LogP contribution in [0.4, 0.5) is 8.78 Å². The number of amides is 1. The number of rotatable bonds is 3. The zero-order valence-corrected chi connectivity index (χ0v) is 11.6. The molecule has 0 bridgehead atoms. The molecule has 0 spiro atoms. The first-order valence-corrected chi connectivity index (χ1v) is 6.54. The van der Waals surface area contributed by atoms with Gasteiger partial charge in [0.15, 0.2) is 11.5 Å². The Bertz CT molecular complexity index is 536. The number of halogens is 2. The number of alkyl halides is 2. The number of aliphatic hydroxyl groups excluding tert-OH is 1. The van der Waals surface area contributed by atoms with Crippen LogP contribution in [0.25, 0.3) is 0 Å². The molecule has 1 aliphatic rings. The Labute approximate surface area is 120 Å². The molecular formula is C14H17F2NO4. The van der Waals surface area contributed by atoms with Gasteiger partial charge in [-0.1, -0.05) is 6.07 Å². The smallest absolute Gasteiger partial charge is 0.257 e. The van der Waals surface area contributed by atoms with Crippen molar-refractivity contribution in [2.45, 2.75) is 12.3 Å². The van der Waals surface area contributed by atoms with E-state index in [1.807, 2.05) is 0 Å². The van der Waals surface area contributed by atoms with Crippen molar-refractivity contribution in [1.29, 1.82) is 0 Å². The molecule has 1 atom stereocenters. The number of ether oxygens (including phenoxy) is 1. The van der Waals surface area contributed by atoms with Gasteiger partial charge in [-0.15, -0.1) is 0 Å². The van der Waals surface area contributed by atoms with Gasteiger partial charge >= 0.3 is 0 Å². The molecule has 0 radical (unpaired) electrons. The lowest BCUT2D eigenvalue weighted by atomic mass is 9.93. The maximum Gasteiger partial charge on any atom is 0.257 e. The van der Waals surface area contributed by atoms with Gasteiger partial charge in [0.25, 0.3) is 11.8 Å². The number of aromatic hydroxyl groups is 1. The summed E-state index contributed by atoms with van der Waals surface area (Å²) in [7, 11) is 1.35. The first-order chi connectivity index (χ1) is 9.90. The van der Waals surface area contributed by atoms with Gasteiger partial charge in [-0.05, 0) is 12.1 Å². The molecule has 1 saturated heterocycles. The lowest BCUT2D eigenvalue weighted by Crippen LogP contribution is -2.50. The van der Waals surface area contributed by atoms with Gasteiger partial charge in [-0.25, -0.2) is 8.78 Å². The Morgan fingerprint density at radius 1 is 1.52 bits per heavy atom. The quantitative estimate of drug-likeness (QED) is 0.887. The van der Waals surface area contributed by atoms with Gasteiger partial charge < -0.3 is 19.8 Å². The number of phenols is 1. The standard InChI is InChI=1S/C14H17F2NO4/c1-21-11-4-2-3-10(12(11)19)13(20)17-6-5-14(15,16)9(7-17)8-18/h2-4,9,18-19H,5-8H2,1H3. The van der Waals surface area contributed by atoms with E-state index in [1.54, 1.807) is 0 Å². The number of para-hydroxylation sites is 1. The number of aliphatic hydroxyl groups is 1. The zero-order chi connectivity index (χ0) is 15.6. The van der Waals surface area contributed by atoms with Crippen LogP contribution in [-0.2, 0) is 0 Å². The molecule has 1 aromatic rings. The van der Waals surface area contributed by atoms with Crippen molar-refractivity contribution in [2.75, 3.05) is 26.8 Å². The van der Waals surface area contributed by atoms with Crippen LogP contribution in [0.5, 0.6) is 11.5 Å². The zero-order valence-electron chi connectivity index (χ0n) is 11.6. The Hall–Kier alpha value is -1.89. The van der Waals surface area contributed by atoms with Gasteiger partial charge in [-0.3, -0.25) is 4.79 Å². The van der Waals surface area contributed by atoms with Crippen molar-refractivity contribution in [2.24, 2.45) is 5.92 Å². The molecular weight excluding hydrogens is 284 g/mol. The summed E-state index contributed by atoms with van der Waals surface area (Å²) in [6.45, 7) is -1.07. The van der Waals surface area contributed by atoms with Crippen LogP contribution in [-0.4, -0.2) is 53.7 Å². The summed E-state index contributed by atoms with van der Waals surface area (Å²) < 4.78 is 32.0. The number of phenolic OH excluding ortho intramolecular Hbond substituents is 1. The Kier molecular flexibility index (Phi) is 4.32. The van der Waals surface area contributed by atoms with Gasteiger partial charge in [0.1, 0.15) is 0 Å². The molecule has 1 heterocycles. The van der Waals surface area contributed by atoms with Crippen molar-refractivity contribution >= 4 is 5.91 Å². The second kappa shape index (κ2) is 5.85. The van der Waals surface area contributed by atoms with Crippen molar-refractivity contribution in [3.05, 3.63) is 23.8 Å². The fraction of sp³-hybridized carbons (Fsp3) is 0.500. The van der Waals surface area contributed by atoms with Crippen molar-refractivity contribution in [3.8, 4) is 11.5 Å². The number of methoxy groups -OCH3 is 1. The van der Waals surface area contributed by atoms with E-state index in [1.165, 1.54) is 30.2 Å². The largest absolute Gasteiger partial charge is 0.504 e. The van der Waals surface area contributed by atoms with E-state index in [4.69, 9.17) is 9.84 Å². The maximum absolute atomic E-state index is 13.5. The van der Waals surface area contributed by atoms with Crippen LogP contribution in [0, 0.1) is 5.92 Å². The number of nitrogens with zero attached hydrogens (tertiary/aromatic N) is 1. The first-order valence-electron chi connectivity index (χ1n) is 6.54. The average molecular weight is 301 g/mol. The second-order valence-electron chi connectivity index (χ2n) is 5.00. The highest BCUT2D eigenvalue weighted by molar-refractivity contribution is 5.97. The van der Waals surface area contributed by atoms with E-state index < -0.39 is 30.8 Å². The fourth-order valence-corrected chi connectivity index (χ4v) is 2.38. The van der Waals surface area contributed by atoms with Crippen molar-refractivity contribution in [3.63, 3.8) is 0 Å². The molecule has 1 unspecified atom stereocenters. The summed E-state index contributed by atoms with van der Waals surface area (Å²) in [5.74, 6) is -5.00. The molecule has 2 N–H and O–H groups in total. The molecule has 0 aliphatic carbocycles. The molecule has 2 rings (SSSR count). The lowest BCUT2D eigenvalue weighted by Gasteiger charge is -2.37. The van der Waals surface area contributed by atoms with Crippen LogP contribution < -0.4 is 4.74 Å². The molecule has 0 saturated carbocycles. The molecule has 0 aromatic heterocycles. The SMILES string of the molecule is COc1cccc(C(=O)N2CCC(F)(F)C(CO)C2)c1O. The van der Waals surface area contributed by atoms with Crippen molar-refractivity contribution < 1.29 is 28.5 Å². The van der Waals surface area contributed by atoms with Crippen LogP contribution in [0.1, 0.15) is 16.8 Å². The normalized spacial score (nSPS) is 21.1. The van der Waals surface area contributed by atoms with Crippen molar-refractivity contribution in [1.82, 2.24) is 4.90 Å². The third kappa shape index (κ3) is 2.92. The summed E-state index contributed by atoms with van der Waals surface area (Å²) in [5.41, 5.74) is -0.00347. The number of carbonyl (C=O) groups excluding carboxylic acids is 1. The van der Waals surface area contributed by atoms with Gasteiger partial charge in [0.05, 0.1) is 25.2 Å². The van der Waals surface area contributed by atoms with E-state index in [2.05, 4.69) is 0 Å². The fourth-order valence-electron chi connectivity index (χ4n) is 2.38. The summed E-state index contributed by atoms with van der Waals surface area (Å²) in [5, 5.41) is 19.0. The highest BCUT2D eigenvalue weighted by atomic mass is 19.3. The van der Waals surface area contributed by atoms with Gasteiger partial charge in [0, 0.05) is 19.5 Å². The third-order valence-electron chi connectivity index (χ3n) is 3.71. The van der Waals surface area contributed by atoms with E-state index >= 15 is 0 Å². The minimum atomic E-state index is -2.98. The summed E-state index contributed by atoms with van der Waals surface area (Å²) in [6, 6.07) is 4.43. The van der Waals surface area contributed by atoms with E-state index in [9.17, 15) is 18.7 Å². The number of piperidine rings is 1. The molecule has 1 fully saturated rings. The number of carbonyl (C=O) groups is 1. The van der Waals surface area contributed by atoms with Gasteiger partial charge in [0.2, 0.25) is 0 Å². The van der Waals surface area contributed by atoms with E-state index in [-0.39, 0.29) is 30.2 Å². The molecule has 21 heavy (non-hydrogen) atoms. The number of hydrogen-bond acceptors (Lipinski definition) is 4. The summed E-state index contributed by atoms with van der Waals surface area (Å²) in [4.78, 5) is 13.6. The maximum atomic E-state index is 13.5. The van der Waals surface area contributed by atoms with Crippen LogP contribution in [0.3, 0.4) is 0 Å². The summed E-state index contributed by atoms with van der Waals surface area (Å²) in [6.07, 6.45) is -0.505. The minimum Gasteiger partial charge on any atom is -0.504 e. The number of likely N-dealkylation sites (tertiary alicyclic amines) is 1. The van der Waals surface area contributed by atoms with Crippen LogP contribution >= 0.6 is 0 Å². The number of hydrogen-bond donors (Lipinski definition) is 2. The van der Waals surface area contributed by atoms with Crippen LogP contribution in [0.2, 0.25) is 0 Å². The highest BCUT2D eigenvalue weighted by Crippen LogP contribution is 2.35. The molecule has 5 nitrogen and oxygen atoms in total. The predicted molar refractivity (Wildman–Crippen MR) is 70.7 cm³/mol. The Balaban J connectivity index is 2.22. The van der Waals surface area contributed by atoms with E-state index in [0.717, 1.165) is 0 Å². The molecule has 7 heteroatoms. The number of benzene rings is 1.